The summed E-state index contributed by atoms with van der Waals surface area (Å²) < 4.78 is 0. The molecule has 1 aliphatic carbocycles. The van der Waals surface area contributed by atoms with Crippen molar-refractivity contribution in [1.82, 2.24) is 15.5 Å². The van der Waals surface area contributed by atoms with Gasteiger partial charge in [-0.3, -0.25) is 20.0 Å². The van der Waals surface area contributed by atoms with Crippen LogP contribution in [0.4, 0.5) is 5.69 Å². The van der Waals surface area contributed by atoms with Gasteiger partial charge < -0.3 is 11.1 Å². The normalized spacial score (nSPS) is 16.5. The van der Waals surface area contributed by atoms with E-state index in [1.807, 2.05) is 0 Å². The summed E-state index contributed by atoms with van der Waals surface area (Å²) in [5.74, 6) is -0.137. The zero-order chi connectivity index (χ0) is 12.4. The zero-order valence-corrected chi connectivity index (χ0v) is 9.05. The van der Waals surface area contributed by atoms with Crippen LogP contribution in [0.25, 0.3) is 0 Å². The molecule has 1 aromatic heterocycles. The molecular weight excluding hydrogens is 226 g/mol. The van der Waals surface area contributed by atoms with Crippen LogP contribution in [0.3, 0.4) is 0 Å². The Balaban J connectivity index is 2.08. The van der Waals surface area contributed by atoms with E-state index >= 15 is 0 Å². The minimum atomic E-state index is -0.646. The van der Waals surface area contributed by atoms with Crippen LogP contribution < -0.4 is 11.1 Å². The molecule has 1 unspecified atom stereocenters. The van der Waals surface area contributed by atoms with Gasteiger partial charge in [0.15, 0.2) is 0 Å². The summed E-state index contributed by atoms with van der Waals surface area (Å²) in [6, 6.07) is -0.120. The highest BCUT2D eigenvalue weighted by atomic mass is 16.6. The van der Waals surface area contributed by atoms with Crippen molar-refractivity contribution in [2.45, 2.75) is 18.9 Å². The fourth-order valence-corrected chi connectivity index (χ4v) is 1.69. The van der Waals surface area contributed by atoms with Gasteiger partial charge in [-0.25, -0.2) is 0 Å². The van der Waals surface area contributed by atoms with Gasteiger partial charge in [0.25, 0.3) is 5.91 Å². The summed E-state index contributed by atoms with van der Waals surface area (Å²) >= 11 is 0. The molecule has 92 valence electrons. The summed E-state index contributed by atoms with van der Waals surface area (Å²) in [6.07, 6.45) is 3.09. The first-order valence-corrected chi connectivity index (χ1v) is 5.32. The van der Waals surface area contributed by atoms with Gasteiger partial charge in [0.05, 0.1) is 4.92 Å². The second-order valence-electron chi connectivity index (χ2n) is 4.04. The lowest BCUT2D eigenvalue weighted by atomic mass is 10.2. The number of nitro groups is 1. The highest BCUT2D eigenvalue weighted by Crippen LogP contribution is 2.32. The third kappa shape index (κ3) is 2.41. The Labute approximate surface area is 96.7 Å². The minimum absolute atomic E-state index is 0.120. The average Bonchev–Trinajstić information content (AvgIpc) is 3.00. The van der Waals surface area contributed by atoms with E-state index in [9.17, 15) is 14.9 Å². The first kappa shape index (κ1) is 11.5. The van der Waals surface area contributed by atoms with E-state index in [1.54, 1.807) is 0 Å². The molecule has 1 heterocycles. The Morgan fingerprint density at radius 2 is 2.47 bits per heavy atom. The number of amides is 1. The van der Waals surface area contributed by atoms with Crippen molar-refractivity contribution in [3.63, 3.8) is 0 Å². The Kier molecular flexibility index (Phi) is 3.05. The van der Waals surface area contributed by atoms with Crippen molar-refractivity contribution in [2.24, 2.45) is 11.7 Å². The van der Waals surface area contributed by atoms with Gasteiger partial charge in [-0.1, -0.05) is 0 Å². The molecule has 0 bridgehead atoms. The van der Waals surface area contributed by atoms with Gasteiger partial charge >= 0.3 is 5.69 Å². The molecular formula is C9H13N5O3. The van der Waals surface area contributed by atoms with Crippen molar-refractivity contribution in [3.8, 4) is 0 Å². The monoisotopic (exact) mass is 239 g/mol. The maximum absolute atomic E-state index is 11.8. The van der Waals surface area contributed by atoms with Crippen LogP contribution in [-0.4, -0.2) is 33.6 Å². The van der Waals surface area contributed by atoms with Crippen LogP contribution in [0.2, 0.25) is 0 Å². The molecule has 0 aromatic carbocycles. The molecule has 0 aliphatic heterocycles. The number of rotatable bonds is 5. The lowest BCUT2D eigenvalue weighted by Crippen LogP contribution is -2.42. The lowest BCUT2D eigenvalue weighted by molar-refractivity contribution is -0.385. The Hall–Kier alpha value is -1.96. The SMILES string of the molecule is NCC(NC(=O)c1[nH]ncc1[N+](=O)[O-])C1CC1. The minimum Gasteiger partial charge on any atom is -0.346 e. The second-order valence-corrected chi connectivity index (χ2v) is 4.04. The third-order valence-electron chi connectivity index (χ3n) is 2.80. The molecule has 1 saturated carbocycles. The lowest BCUT2D eigenvalue weighted by Gasteiger charge is -2.14. The Morgan fingerprint density at radius 3 is 3.00 bits per heavy atom. The molecule has 1 fully saturated rings. The van der Waals surface area contributed by atoms with E-state index in [1.165, 1.54) is 0 Å². The summed E-state index contributed by atoms with van der Waals surface area (Å²) in [5.41, 5.74) is 5.08. The maximum Gasteiger partial charge on any atom is 0.319 e. The number of nitrogens with two attached hydrogens (primary N) is 1. The maximum atomic E-state index is 11.8. The summed E-state index contributed by atoms with van der Waals surface area (Å²) in [7, 11) is 0. The fraction of sp³-hybridized carbons (Fsp3) is 0.556. The molecule has 8 heteroatoms. The molecule has 0 saturated heterocycles. The first-order chi connectivity index (χ1) is 8.13. The van der Waals surface area contributed by atoms with Gasteiger partial charge in [-0.2, -0.15) is 5.10 Å². The number of aromatic nitrogens is 2. The van der Waals surface area contributed by atoms with Crippen LogP contribution in [0.5, 0.6) is 0 Å². The number of hydrogen-bond donors (Lipinski definition) is 3. The molecule has 1 aromatic rings. The number of carbonyl (C=O) groups is 1. The van der Waals surface area contributed by atoms with Crippen LogP contribution in [0, 0.1) is 16.0 Å². The van der Waals surface area contributed by atoms with Crippen molar-refractivity contribution >= 4 is 11.6 Å². The summed E-state index contributed by atoms with van der Waals surface area (Å²) in [4.78, 5) is 21.8. The molecule has 2 rings (SSSR count). The topological polar surface area (TPSA) is 127 Å². The van der Waals surface area contributed by atoms with Gasteiger partial charge in [-0.05, 0) is 18.8 Å². The number of carbonyl (C=O) groups excluding carboxylic acids is 1. The van der Waals surface area contributed by atoms with E-state index < -0.39 is 10.8 Å². The van der Waals surface area contributed by atoms with Crippen LogP contribution in [0.15, 0.2) is 6.20 Å². The molecule has 1 atom stereocenters. The molecule has 8 nitrogen and oxygen atoms in total. The molecule has 4 N–H and O–H groups in total. The predicted octanol–water partition coefficient (Wildman–Crippen LogP) is -0.215. The molecule has 1 aliphatic rings. The Morgan fingerprint density at radius 1 is 1.76 bits per heavy atom. The standard InChI is InChI=1S/C9H13N5O3/c10-3-6(5-1-2-5)12-9(15)8-7(14(16)17)4-11-13-8/h4-6H,1-3,10H2,(H,11,13)(H,12,15). The zero-order valence-electron chi connectivity index (χ0n) is 9.05. The van der Waals surface area contributed by atoms with Crippen molar-refractivity contribution in [2.75, 3.05) is 6.54 Å². The van der Waals surface area contributed by atoms with Gasteiger partial charge in [-0.15, -0.1) is 0 Å². The average molecular weight is 239 g/mol. The van der Waals surface area contributed by atoms with Crippen molar-refractivity contribution < 1.29 is 9.72 Å². The van der Waals surface area contributed by atoms with Crippen LogP contribution in [0.1, 0.15) is 23.3 Å². The molecule has 0 spiro atoms. The van der Waals surface area contributed by atoms with Crippen molar-refractivity contribution in [3.05, 3.63) is 22.0 Å². The number of hydrogen-bond acceptors (Lipinski definition) is 5. The van der Waals surface area contributed by atoms with E-state index in [0.29, 0.717) is 12.5 Å². The predicted molar refractivity (Wildman–Crippen MR) is 58.3 cm³/mol. The summed E-state index contributed by atoms with van der Waals surface area (Å²) in [6.45, 7) is 0.332. The molecule has 0 radical (unpaired) electrons. The number of H-pyrrole nitrogens is 1. The van der Waals surface area contributed by atoms with Crippen molar-refractivity contribution in [1.29, 1.82) is 0 Å². The second kappa shape index (κ2) is 4.50. The van der Waals surface area contributed by atoms with Crippen LogP contribution >= 0.6 is 0 Å². The van der Waals surface area contributed by atoms with Crippen LogP contribution in [-0.2, 0) is 0 Å². The van der Waals surface area contributed by atoms with Gasteiger partial charge in [0, 0.05) is 12.6 Å². The quantitative estimate of drug-likeness (QED) is 0.483. The highest BCUT2D eigenvalue weighted by Gasteiger charge is 2.33. The number of nitrogens with zero attached hydrogens (tertiary/aromatic N) is 2. The number of aromatic amines is 1. The van der Waals surface area contributed by atoms with E-state index in [-0.39, 0.29) is 17.4 Å². The highest BCUT2D eigenvalue weighted by molar-refractivity contribution is 5.96. The number of nitrogens with one attached hydrogen (secondary N) is 2. The van der Waals surface area contributed by atoms with E-state index in [2.05, 4.69) is 15.5 Å². The van der Waals surface area contributed by atoms with Gasteiger partial charge in [0.1, 0.15) is 6.20 Å². The van der Waals surface area contributed by atoms with E-state index in [4.69, 9.17) is 5.73 Å². The Bertz CT molecular complexity index is 440. The first-order valence-electron chi connectivity index (χ1n) is 5.32. The van der Waals surface area contributed by atoms with Gasteiger partial charge in [0.2, 0.25) is 5.69 Å². The smallest absolute Gasteiger partial charge is 0.319 e. The molecule has 1 amide bonds. The largest absolute Gasteiger partial charge is 0.346 e. The molecule has 17 heavy (non-hydrogen) atoms. The van der Waals surface area contributed by atoms with E-state index in [0.717, 1.165) is 19.0 Å². The third-order valence-corrected chi connectivity index (χ3v) is 2.80. The fourth-order valence-electron chi connectivity index (χ4n) is 1.69. The summed E-state index contributed by atoms with van der Waals surface area (Å²) in [5, 5.41) is 19.1.